The molecule has 0 fully saturated rings. The van der Waals surface area contributed by atoms with Crippen molar-refractivity contribution in [3.05, 3.63) is 36.5 Å². The molecule has 0 spiro atoms. The summed E-state index contributed by atoms with van der Waals surface area (Å²) >= 11 is 0. The van der Waals surface area contributed by atoms with E-state index in [2.05, 4.69) is 43.5 Å². The van der Waals surface area contributed by atoms with Crippen molar-refractivity contribution in [3.8, 4) is 0 Å². The van der Waals surface area contributed by atoms with Crippen LogP contribution in [0.1, 0.15) is 129 Å². The molecule has 0 aliphatic rings. The second kappa shape index (κ2) is 28.0. The standard InChI is InChI=1S/C35H67N2O6P/c1-6-8-10-12-14-16-18-20-22-24-26-28-34(38)33(32-43-44(40,41)42-31-30-37(3,4)5)36-35(39)29-27-25-23-21-19-17-15-13-11-9-7-2/h10,12,18,20,26,28,33-34,38H,6-9,11,13-17,19,21-25,27,29-32H2,1-5H3,(H-,36,39,40,41)/p+1/b12-10+,20-18+,28-26+. The second-order valence-electron chi connectivity index (χ2n) is 12.9. The van der Waals surface area contributed by atoms with Gasteiger partial charge in [-0.15, -0.1) is 0 Å². The zero-order valence-corrected chi connectivity index (χ0v) is 29.8. The zero-order valence-electron chi connectivity index (χ0n) is 28.9. The Morgan fingerprint density at radius 1 is 0.750 bits per heavy atom. The first kappa shape index (κ1) is 42.7. The van der Waals surface area contributed by atoms with E-state index in [4.69, 9.17) is 9.05 Å². The molecule has 0 rings (SSSR count). The van der Waals surface area contributed by atoms with Gasteiger partial charge in [-0.25, -0.2) is 4.57 Å². The molecule has 258 valence electrons. The summed E-state index contributed by atoms with van der Waals surface area (Å²) in [5.41, 5.74) is 0. The predicted octanol–water partition coefficient (Wildman–Crippen LogP) is 8.40. The number of aliphatic hydroxyl groups excluding tert-OH is 1. The first-order valence-electron chi connectivity index (χ1n) is 17.4. The van der Waals surface area contributed by atoms with Crippen LogP contribution in [0.5, 0.6) is 0 Å². The molecular weight excluding hydrogens is 575 g/mol. The Morgan fingerprint density at radius 2 is 1.25 bits per heavy atom. The van der Waals surface area contributed by atoms with E-state index in [-0.39, 0.29) is 19.1 Å². The number of carbonyl (C=O) groups is 1. The van der Waals surface area contributed by atoms with Gasteiger partial charge in [0.05, 0.1) is 39.9 Å². The van der Waals surface area contributed by atoms with Crippen LogP contribution in [-0.4, -0.2) is 73.4 Å². The average molecular weight is 644 g/mol. The van der Waals surface area contributed by atoms with Crippen molar-refractivity contribution in [2.45, 2.75) is 142 Å². The Kier molecular flexibility index (Phi) is 27.2. The first-order valence-corrected chi connectivity index (χ1v) is 18.9. The van der Waals surface area contributed by atoms with E-state index >= 15 is 0 Å². The third-order valence-corrected chi connectivity index (χ3v) is 8.31. The van der Waals surface area contributed by atoms with Gasteiger partial charge in [-0.1, -0.05) is 121 Å². The molecule has 0 aromatic heterocycles. The molecule has 44 heavy (non-hydrogen) atoms. The Labute approximate surface area is 270 Å². The number of quaternary nitrogens is 1. The number of nitrogens with one attached hydrogen (secondary N) is 1. The molecule has 0 radical (unpaired) electrons. The number of carbonyl (C=O) groups excluding carboxylic acids is 1. The molecule has 3 atom stereocenters. The second-order valence-corrected chi connectivity index (χ2v) is 14.3. The molecule has 3 N–H and O–H groups in total. The third-order valence-electron chi connectivity index (χ3n) is 7.32. The summed E-state index contributed by atoms with van der Waals surface area (Å²) in [5.74, 6) is -0.198. The fraction of sp³-hybridized carbons (Fsp3) is 0.800. The monoisotopic (exact) mass is 643 g/mol. The van der Waals surface area contributed by atoms with Crippen molar-refractivity contribution < 1.29 is 32.9 Å². The lowest BCUT2D eigenvalue weighted by molar-refractivity contribution is -0.870. The highest BCUT2D eigenvalue weighted by Gasteiger charge is 2.27. The number of phosphoric acid groups is 1. The van der Waals surface area contributed by atoms with Gasteiger partial charge in [0.15, 0.2) is 0 Å². The summed E-state index contributed by atoms with van der Waals surface area (Å²) < 4.78 is 23.3. The summed E-state index contributed by atoms with van der Waals surface area (Å²) in [4.78, 5) is 22.9. The number of likely N-dealkylation sites (N-methyl/N-ethyl adjacent to an activating group) is 1. The Morgan fingerprint density at radius 3 is 1.77 bits per heavy atom. The van der Waals surface area contributed by atoms with Crippen molar-refractivity contribution >= 4 is 13.7 Å². The number of allylic oxidation sites excluding steroid dienone is 5. The smallest absolute Gasteiger partial charge is 0.387 e. The molecule has 9 heteroatoms. The van der Waals surface area contributed by atoms with Crippen LogP contribution in [-0.2, 0) is 18.4 Å². The van der Waals surface area contributed by atoms with Crippen molar-refractivity contribution in [2.24, 2.45) is 0 Å². The molecule has 3 unspecified atom stereocenters. The summed E-state index contributed by atoms with van der Waals surface area (Å²) in [5, 5.41) is 13.6. The Hall–Kier alpha value is -1.28. The topological polar surface area (TPSA) is 105 Å². The van der Waals surface area contributed by atoms with Crippen molar-refractivity contribution in [1.82, 2.24) is 5.32 Å². The molecule has 0 saturated heterocycles. The Balaban J connectivity index is 4.68. The van der Waals surface area contributed by atoms with Crippen LogP contribution in [0.25, 0.3) is 0 Å². The minimum absolute atomic E-state index is 0.0537. The zero-order chi connectivity index (χ0) is 32.9. The van der Waals surface area contributed by atoms with Crippen molar-refractivity contribution in [2.75, 3.05) is 40.9 Å². The molecule has 0 saturated carbocycles. The number of hydrogen-bond acceptors (Lipinski definition) is 5. The van der Waals surface area contributed by atoms with E-state index < -0.39 is 20.0 Å². The van der Waals surface area contributed by atoms with E-state index in [9.17, 15) is 19.4 Å². The van der Waals surface area contributed by atoms with E-state index in [1.165, 1.54) is 57.8 Å². The number of phosphoric ester groups is 1. The van der Waals surface area contributed by atoms with Crippen LogP contribution in [0, 0.1) is 0 Å². The fourth-order valence-electron chi connectivity index (χ4n) is 4.49. The number of amides is 1. The summed E-state index contributed by atoms with van der Waals surface area (Å²) in [6.07, 6.45) is 30.7. The van der Waals surface area contributed by atoms with E-state index in [0.29, 0.717) is 17.4 Å². The van der Waals surface area contributed by atoms with Gasteiger partial charge >= 0.3 is 7.82 Å². The molecule has 0 heterocycles. The van der Waals surface area contributed by atoms with Gasteiger partial charge in [-0.2, -0.15) is 0 Å². The molecule has 1 amide bonds. The summed E-state index contributed by atoms with van der Waals surface area (Å²) in [7, 11) is 1.54. The highest BCUT2D eigenvalue weighted by Crippen LogP contribution is 2.43. The summed E-state index contributed by atoms with van der Waals surface area (Å²) in [6, 6.07) is -0.862. The van der Waals surface area contributed by atoms with Crippen LogP contribution in [0.4, 0.5) is 0 Å². The summed E-state index contributed by atoms with van der Waals surface area (Å²) in [6.45, 7) is 4.66. The minimum atomic E-state index is -4.33. The maximum Gasteiger partial charge on any atom is 0.472 e. The fourth-order valence-corrected chi connectivity index (χ4v) is 5.22. The van der Waals surface area contributed by atoms with Crippen LogP contribution in [0.3, 0.4) is 0 Å². The highest BCUT2D eigenvalue weighted by atomic mass is 31.2. The normalized spacial score (nSPS) is 15.3. The lowest BCUT2D eigenvalue weighted by atomic mass is 10.0. The van der Waals surface area contributed by atoms with E-state index in [1.54, 1.807) is 6.08 Å². The number of unbranched alkanes of at least 4 members (excludes halogenated alkanes) is 13. The maximum absolute atomic E-state index is 12.7. The SMILES string of the molecule is CCC/C=C/CC/C=C/CC/C=C/C(O)C(COP(=O)(O)OCC[N+](C)(C)C)NC(=O)CCCCCCCCCCCCC. The highest BCUT2D eigenvalue weighted by molar-refractivity contribution is 7.47. The molecule has 8 nitrogen and oxygen atoms in total. The van der Waals surface area contributed by atoms with Gasteiger partial charge in [0.2, 0.25) is 5.91 Å². The first-order chi connectivity index (χ1) is 21.0. The average Bonchev–Trinajstić information content (AvgIpc) is 2.95. The van der Waals surface area contributed by atoms with Gasteiger partial charge in [-0.05, 0) is 38.5 Å². The molecule has 0 aliphatic carbocycles. The quantitative estimate of drug-likeness (QED) is 0.0314. The third kappa shape index (κ3) is 29.4. The Bertz CT molecular complexity index is 825. The number of hydrogen-bond donors (Lipinski definition) is 3. The largest absolute Gasteiger partial charge is 0.472 e. The molecule has 0 bridgehead atoms. The van der Waals surface area contributed by atoms with Gasteiger partial charge in [-0.3, -0.25) is 13.8 Å². The van der Waals surface area contributed by atoms with Crippen LogP contribution in [0.15, 0.2) is 36.5 Å². The van der Waals surface area contributed by atoms with Crippen LogP contribution < -0.4 is 5.32 Å². The van der Waals surface area contributed by atoms with Gasteiger partial charge < -0.3 is 19.8 Å². The minimum Gasteiger partial charge on any atom is -0.387 e. The molecule has 0 aliphatic heterocycles. The number of rotatable bonds is 30. The van der Waals surface area contributed by atoms with Gasteiger partial charge in [0, 0.05) is 6.42 Å². The van der Waals surface area contributed by atoms with E-state index in [0.717, 1.165) is 51.4 Å². The van der Waals surface area contributed by atoms with Gasteiger partial charge in [0.25, 0.3) is 0 Å². The van der Waals surface area contributed by atoms with Crippen molar-refractivity contribution in [1.29, 1.82) is 0 Å². The van der Waals surface area contributed by atoms with E-state index in [1.807, 2.05) is 27.2 Å². The molecule has 0 aromatic rings. The lowest BCUT2D eigenvalue weighted by Gasteiger charge is -2.25. The van der Waals surface area contributed by atoms with Gasteiger partial charge in [0.1, 0.15) is 13.2 Å². The maximum atomic E-state index is 12.7. The van der Waals surface area contributed by atoms with Crippen molar-refractivity contribution in [3.63, 3.8) is 0 Å². The number of aliphatic hydroxyl groups is 1. The van der Waals surface area contributed by atoms with Crippen LogP contribution in [0.2, 0.25) is 0 Å². The lowest BCUT2D eigenvalue weighted by Crippen LogP contribution is -2.45. The predicted molar refractivity (Wildman–Crippen MR) is 184 cm³/mol. The molecular formula is C35H68N2O6P+. The van der Waals surface area contributed by atoms with Crippen LogP contribution >= 0.6 is 7.82 Å². The number of nitrogens with zero attached hydrogens (tertiary/aromatic N) is 1. The molecule has 0 aromatic carbocycles.